The fraction of sp³-hybridized carbons (Fsp3) is 0.227. The van der Waals surface area contributed by atoms with Crippen molar-refractivity contribution in [3.63, 3.8) is 0 Å². The van der Waals surface area contributed by atoms with Crippen molar-refractivity contribution in [2.75, 3.05) is 38.3 Å². The van der Waals surface area contributed by atoms with Crippen molar-refractivity contribution >= 4 is 34.7 Å². The number of nitrogens with zero attached hydrogens (tertiary/aromatic N) is 3. The minimum Gasteiger partial charge on any atom is -0.448 e. The average molecular weight is 408 g/mol. The molecule has 2 aromatic carbocycles. The van der Waals surface area contributed by atoms with Gasteiger partial charge in [0, 0.05) is 30.7 Å². The summed E-state index contributed by atoms with van der Waals surface area (Å²) in [6.07, 6.45) is 2.57. The number of carbonyl (C=O) groups is 2. The first-order chi connectivity index (χ1) is 14.6. The van der Waals surface area contributed by atoms with E-state index in [1.54, 1.807) is 6.08 Å². The smallest absolute Gasteiger partial charge is 0.409 e. The van der Waals surface area contributed by atoms with Crippen molar-refractivity contribution < 1.29 is 19.4 Å². The van der Waals surface area contributed by atoms with E-state index in [0.29, 0.717) is 11.4 Å². The summed E-state index contributed by atoms with van der Waals surface area (Å²) in [5, 5.41) is 17.0. The van der Waals surface area contributed by atoms with Crippen molar-refractivity contribution in [2.45, 2.75) is 0 Å². The molecule has 0 saturated heterocycles. The van der Waals surface area contributed by atoms with Gasteiger partial charge in [-0.15, -0.1) is 0 Å². The lowest BCUT2D eigenvalue weighted by Crippen LogP contribution is -2.36. The molecule has 0 aliphatic heterocycles. The van der Waals surface area contributed by atoms with E-state index >= 15 is 0 Å². The lowest BCUT2D eigenvalue weighted by Gasteiger charge is -2.22. The van der Waals surface area contributed by atoms with Gasteiger partial charge in [0.25, 0.3) is 5.91 Å². The van der Waals surface area contributed by atoms with Crippen LogP contribution >= 0.6 is 0 Å². The Morgan fingerprint density at radius 2 is 1.83 bits per heavy atom. The first-order valence-electron chi connectivity index (χ1n) is 9.56. The van der Waals surface area contributed by atoms with Crippen LogP contribution in [0, 0.1) is 0 Å². The van der Waals surface area contributed by atoms with Gasteiger partial charge in [-0.3, -0.25) is 9.89 Å². The van der Waals surface area contributed by atoms with Gasteiger partial charge in [-0.05, 0) is 24.3 Å². The highest BCUT2D eigenvalue weighted by atomic mass is 16.6. The monoisotopic (exact) mass is 408 g/mol. The molecular weight excluding hydrogens is 384 g/mol. The summed E-state index contributed by atoms with van der Waals surface area (Å²) in [4.78, 5) is 27.6. The van der Waals surface area contributed by atoms with E-state index in [0.717, 1.165) is 10.9 Å². The molecular formula is C22H24N4O4. The molecule has 8 heteroatoms. The van der Waals surface area contributed by atoms with Gasteiger partial charge in [-0.2, -0.15) is 5.10 Å². The Hall–Kier alpha value is -3.65. The number of aliphatic hydroxyl groups excluding tert-OH is 1. The molecule has 0 radical (unpaired) electrons. The Bertz CT molecular complexity index is 1020. The summed E-state index contributed by atoms with van der Waals surface area (Å²) in [7, 11) is 1.54. The van der Waals surface area contributed by atoms with Crippen molar-refractivity contribution in [3.8, 4) is 0 Å². The van der Waals surface area contributed by atoms with E-state index in [9.17, 15) is 9.59 Å². The number of anilines is 1. The standard InChI is InChI=1S/C22H24N4O4/c1-25(13-15-27)22(29)30-16-14-26(17-7-3-2-4-8-17)21(28)12-11-20-18-9-5-6-10-19(18)23-24-20/h2-12,27H,13-16H2,1H3,(H,23,24)/b12-11+. The molecule has 0 bridgehead atoms. The number of aliphatic hydroxyl groups is 1. The summed E-state index contributed by atoms with van der Waals surface area (Å²) < 4.78 is 5.21. The number of likely N-dealkylation sites (N-methyl/N-ethyl adjacent to an activating group) is 1. The molecule has 1 heterocycles. The highest BCUT2D eigenvalue weighted by molar-refractivity contribution is 6.04. The van der Waals surface area contributed by atoms with Crippen LogP contribution in [0.3, 0.4) is 0 Å². The number of H-pyrrole nitrogens is 1. The Morgan fingerprint density at radius 1 is 1.10 bits per heavy atom. The zero-order valence-corrected chi connectivity index (χ0v) is 16.7. The maximum absolute atomic E-state index is 12.9. The number of para-hydroxylation sites is 2. The third-order valence-electron chi connectivity index (χ3n) is 4.51. The molecule has 3 rings (SSSR count). The second-order valence-electron chi connectivity index (χ2n) is 6.57. The highest BCUT2D eigenvalue weighted by Crippen LogP contribution is 2.18. The van der Waals surface area contributed by atoms with Crippen LogP contribution in [0.1, 0.15) is 5.69 Å². The zero-order chi connectivity index (χ0) is 21.3. The van der Waals surface area contributed by atoms with Crippen LogP contribution < -0.4 is 4.90 Å². The fourth-order valence-electron chi connectivity index (χ4n) is 2.90. The normalized spacial score (nSPS) is 11.0. The Labute approximate surface area is 174 Å². The number of carbonyl (C=O) groups excluding carboxylic acids is 2. The quantitative estimate of drug-likeness (QED) is 0.559. The summed E-state index contributed by atoms with van der Waals surface area (Å²) in [5.41, 5.74) is 2.26. The van der Waals surface area contributed by atoms with Gasteiger partial charge in [0.15, 0.2) is 0 Å². The molecule has 0 unspecified atom stereocenters. The van der Waals surface area contributed by atoms with Crippen molar-refractivity contribution in [1.82, 2.24) is 15.1 Å². The zero-order valence-electron chi connectivity index (χ0n) is 16.7. The number of nitrogens with one attached hydrogen (secondary N) is 1. The first kappa shape index (κ1) is 21.1. The van der Waals surface area contributed by atoms with Crippen molar-refractivity contribution in [3.05, 3.63) is 66.4 Å². The molecule has 8 nitrogen and oxygen atoms in total. The highest BCUT2D eigenvalue weighted by Gasteiger charge is 2.15. The molecule has 1 aromatic heterocycles. The second kappa shape index (κ2) is 10.2. The number of rotatable bonds is 8. The summed E-state index contributed by atoms with van der Waals surface area (Å²) in [6, 6.07) is 16.8. The number of hydrogen-bond donors (Lipinski definition) is 2. The van der Waals surface area contributed by atoms with Gasteiger partial charge in [-0.1, -0.05) is 36.4 Å². The third kappa shape index (κ3) is 5.24. The average Bonchev–Trinajstić information content (AvgIpc) is 3.19. The van der Waals surface area contributed by atoms with E-state index in [1.807, 2.05) is 54.6 Å². The van der Waals surface area contributed by atoms with E-state index in [2.05, 4.69) is 10.2 Å². The largest absolute Gasteiger partial charge is 0.448 e. The molecule has 0 saturated carbocycles. The Kier molecular flexibility index (Phi) is 7.18. The third-order valence-corrected chi connectivity index (χ3v) is 4.51. The first-order valence-corrected chi connectivity index (χ1v) is 9.56. The van der Waals surface area contributed by atoms with Crippen LogP contribution in [0.4, 0.5) is 10.5 Å². The number of aromatic nitrogens is 2. The number of amides is 2. The molecule has 2 amide bonds. The molecule has 0 spiro atoms. The van der Waals surface area contributed by atoms with Gasteiger partial charge < -0.3 is 19.6 Å². The minimum absolute atomic E-state index is 0.0222. The van der Waals surface area contributed by atoms with Crippen LogP contribution in [0.2, 0.25) is 0 Å². The van der Waals surface area contributed by atoms with Crippen LogP contribution in [-0.4, -0.2) is 65.6 Å². The molecule has 156 valence electrons. The molecule has 0 aliphatic rings. The summed E-state index contributed by atoms with van der Waals surface area (Å²) >= 11 is 0. The predicted octanol–water partition coefficient (Wildman–Crippen LogP) is 2.67. The van der Waals surface area contributed by atoms with E-state index < -0.39 is 6.09 Å². The molecule has 30 heavy (non-hydrogen) atoms. The number of fused-ring (bicyclic) bond motifs is 1. The topological polar surface area (TPSA) is 98.8 Å². The van der Waals surface area contributed by atoms with Gasteiger partial charge in [0.1, 0.15) is 6.61 Å². The summed E-state index contributed by atoms with van der Waals surface area (Å²) in [6.45, 7) is 0.245. The van der Waals surface area contributed by atoms with Crippen LogP contribution in [0.15, 0.2) is 60.7 Å². The van der Waals surface area contributed by atoms with E-state index in [4.69, 9.17) is 9.84 Å². The second-order valence-corrected chi connectivity index (χ2v) is 6.57. The lowest BCUT2D eigenvalue weighted by atomic mass is 10.2. The fourth-order valence-corrected chi connectivity index (χ4v) is 2.90. The van der Waals surface area contributed by atoms with E-state index in [-0.39, 0.29) is 32.2 Å². The maximum atomic E-state index is 12.9. The van der Waals surface area contributed by atoms with Gasteiger partial charge in [0.05, 0.1) is 24.4 Å². The van der Waals surface area contributed by atoms with Crippen LogP contribution in [-0.2, 0) is 9.53 Å². The SMILES string of the molecule is CN(CCO)C(=O)OCCN(C(=O)/C=C/c1n[nH]c2ccccc12)c1ccccc1. The predicted molar refractivity (Wildman–Crippen MR) is 115 cm³/mol. The minimum atomic E-state index is -0.553. The Balaban J connectivity index is 1.70. The summed E-state index contributed by atoms with van der Waals surface area (Å²) in [5.74, 6) is -0.256. The molecule has 2 N–H and O–H groups in total. The lowest BCUT2D eigenvalue weighted by molar-refractivity contribution is -0.114. The molecule has 0 atom stereocenters. The Morgan fingerprint density at radius 3 is 2.60 bits per heavy atom. The molecule has 0 fully saturated rings. The van der Waals surface area contributed by atoms with Crippen molar-refractivity contribution in [1.29, 1.82) is 0 Å². The van der Waals surface area contributed by atoms with Gasteiger partial charge >= 0.3 is 6.09 Å². The number of hydrogen-bond acceptors (Lipinski definition) is 5. The maximum Gasteiger partial charge on any atom is 0.409 e. The van der Waals surface area contributed by atoms with E-state index in [1.165, 1.54) is 22.9 Å². The number of ether oxygens (including phenoxy) is 1. The number of benzene rings is 2. The van der Waals surface area contributed by atoms with Crippen LogP contribution in [0.5, 0.6) is 0 Å². The molecule has 3 aromatic rings. The van der Waals surface area contributed by atoms with Crippen LogP contribution in [0.25, 0.3) is 17.0 Å². The van der Waals surface area contributed by atoms with Crippen molar-refractivity contribution in [2.24, 2.45) is 0 Å². The van der Waals surface area contributed by atoms with Gasteiger partial charge in [0.2, 0.25) is 0 Å². The number of aromatic amines is 1. The molecule has 0 aliphatic carbocycles. The van der Waals surface area contributed by atoms with Gasteiger partial charge in [-0.25, -0.2) is 4.79 Å².